The van der Waals surface area contributed by atoms with Gasteiger partial charge < -0.3 is 5.32 Å². The van der Waals surface area contributed by atoms with Gasteiger partial charge in [0.1, 0.15) is 0 Å². The molecule has 4 nitrogen and oxygen atoms in total. The predicted molar refractivity (Wildman–Crippen MR) is 50.4 cm³/mol. The van der Waals surface area contributed by atoms with Crippen molar-refractivity contribution in [1.29, 1.82) is 0 Å². The second kappa shape index (κ2) is 3.20. The summed E-state index contributed by atoms with van der Waals surface area (Å²) in [5, 5.41) is 6.78. The molecule has 0 fully saturated rings. The van der Waals surface area contributed by atoms with Gasteiger partial charge in [-0.05, 0) is 20.8 Å². The minimum absolute atomic E-state index is 0.0828. The number of nitrogens with one attached hydrogen (secondary N) is 1. The zero-order valence-corrected chi connectivity index (χ0v) is 8.46. The highest BCUT2D eigenvalue weighted by Crippen LogP contribution is 2.02. The van der Waals surface area contributed by atoms with E-state index < -0.39 is 0 Å². The molecule has 1 amide bonds. The summed E-state index contributed by atoms with van der Waals surface area (Å²) in [5.41, 5.74) is 0.393. The summed E-state index contributed by atoms with van der Waals surface area (Å²) >= 11 is 0. The molecule has 0 aliphatic rings. The molecule has 4 heteroatoms. The molecule has 1 rings (SSSR count). The fourth-order valence-electron chi connectivity index (χ4n) is 0.951. The Morgan fingerprint density at radius 3 is 2.54 bits per heavy atom. The van der Waals surface area contributed by atoms with Gasteiger partial charge in [0.25, 0.3) is 5.91 Å². The maximum absolute atomic E-state index is 11.5. The Bertz CT molecular complexity index is 309. The Morgan fingerprint density at radius 2 is 2.15 bits per heavy atom. The number of rotatable bonds is 1. The summed E-state index contributed by atoms with van der Waals surface area (Å²) in [6.45, 7) is 5.84. The molecule has 1 heterocycles. The van der Waals surface area contributed by atoms with Crippen LogP contribution in [0.4, 0.5) is 0 Å². The van der Waals surface area contributed by atoms with Crippen molar-refractivity contribution >= 4 is 5.91 Å². The van der Waals surface area contributed by atoms with Gasteiger partial charge in [0.2, 0.25) is 0 Å². The molecular formula is C9H15N3O. The third kappa shape index (κ3) is 2.89. The van der Waals surface area contributed by atoms with Crippen LogP contribution >= 0.6 is 0 Å². The van der Waals surface area contributed by atoms with Crippen molar-refractivity contribution in [2.24, 2.45) is 7.05 Å². The van der Waals surface area contributed by atoms with E-state index in [9.17, 15) is 4.79 Å². The van der Waals surface area contributed by atoms with E-state index >= 15 is 0 Å². The molecule has 0 spiro atoms. The van der Waals surface area contributed by atoms with E-state index in [2.05, 4.69) is 10.4 Å². The minimum atomic E-state index is -0.201. The Hall–Kier alpha value is -1.32. The van der Waals surface area contributed by atoms with E-state index in [1.165, 1.54) is 0 Å². The van der Waals surface area contributed by atoms with Gasteiger partial charge in [-0.1, -0.05) is 0 Å². The number of nitrogens with zero attached hydrogens (tertiary/aromatic N) is 2. The van der Waals surface area contributed by atoms with E-state index in [-0.39, 0.29) is 11.4 Å². The topological polar surface area (TPSA) is 46.9 Å². The number of aryl methyl sites for hydroxylation is 1. The Labute approximate surface area is 77.9 Å². The van der Waals surface area contributed by atoms with Gasteiger partial charge in [0, 0.05) is 18.8 Å². The van der Waals surface area contributed by atoms with Gasteiger partial charge in [-0.25, -0.2) is 0 Å². The first kappa shape index (κ1) is 9.77. The first-order chi connectivity index (χ1) is 5.88. The van der Waals surface area contributed by atoms with Crippen LogP contribution in [0.25, 0.3) is 0 Å². The van der Waals surface area contributed by atoms with E-state index in [0.717, 1.165) is 0 Å². The average molecular weight is 181 g/mol. The molecule has 1 aromatic rings. The lowest BCUT2D eigenvalue weighted by Crippen LogP contribution is -2.40. The number of amides is 1. The van der Waals surface area contributed by atoms with Crippen LogP contribution in [0, 0.1) is 0 Å². The van der Waals surface area contributed by atoms with Gasteiger partial charge in [0.15, 0.2) is 0 Å². The number of carbonyl (C=O) groups is 1. The van der Waals surface area contributed by atoms with Crippen LogP contribution in [0.3, 0.4) is 0 Å². The Balaban J connectivity index is 2.70. The number of hydrogen-bond acceptors (Lipinski definition) is 2. The second-order valence-electron chi connectivity index (χ2n) is 4.11. The Morgan fingerprint density at radius 1 is 1.54 bits per heavy atom. The average Bonchev–Trinajstić information content (AvgIpc) is 2.31. The normalized spacial score (nSPS) is 11.4. The van der Waals surface area contributed by atoms with Crippen LogP contribution in [0.15, 0.2) is 12.4 Å². The van der Waals surface area contributed by atoms with Gasteiger partial charge >= 0.3 is 0 Å². The number of carbonyl (C=O) groups excluding carboxylic acids is 1. The molecule has 0 saturated carbocycles. The van der Waals surface area contributed by atoms with Crippen molar-refractivity contribution < 1.29 is 4.79 Å². The fraction of sp³-hybridized carbons (Fsp3) is 0.556. The monoisotopic (exact) mass is 181 g/mol. The molecule has 0 bridgehead atoms. The molecular weight excluding hydrogens is 166 g/mol. The standard InChI is InChI=1S/C9H15N3O/c1-9(2,3)11-8(13)7-5-10-12(4)6-7/h5-6H,1-4H3,(H,11,13). The van der Waals surface area contributed by atoms with Crippen molar-refractivity contribution in [3.05, 3.63) is 18.0 Å². The number of hydrogen-bond donors (Lipinski definition) is 1. The van der Waals surface area contributed by atoms with E-state index in [1.807, 2.05) is 20.8 Å². The fourth-order valence-corrected chi connectivity index (χ4v) is 0.951. The zero-order chi connectivity index (χ0) is 10.1. The molecule has 13 heavy (non-hydrogen) atoms. The van der Waals surface area contributed by atoms with Crippen LogP contribution < -0.4 is 5.32 Å². The van der Waals surface area contributed by atoms with Crippen LogP contribution in [-0.2, 0) is 7.05 Å². The van der Waals surface area contributed by atoms with Crippen molar-refractivity contribution in [3.8, 4) is 0 Å². The second-order valence-corrected chi connectivity index (χ2v) is 4.11. The predicted octanol–water partition coefficient (Wildman–Crippen LogP) is 0.948. The maximum atomic E-state index is 11.5. The van der Waals surface area contributed by atoms with E-state index in [4.69, 9.17) is 0 Å². The molecule has 0 saturated heterocycles. The van der Waals surface area contributed by atoms with Gasteiger partial charge in [0.05, 0.1) is 11.8 Å². The van der Waals surface area contributed by atoms with Gasteiger partial charge in [-0.2, -0.15) is 5.10 Å². The lowest BCUT2D eigenvalue weighted by Gasteiger charge is -2.19. The lowest BCUT2D eigenvalue weighted by atomic mass is 10.1. The molecule has 0 aliphatic heterocycles. The van der Waals surface area contributed by atoms with Crippen molar-refractivity contribution in [2.75, 3.05) is 0 Å². The van der Waals surface area contributed by atoms with E-state index in [1.54, 1.807) is 24.1 Å². The molecule has 0 atom stereocenters. The van der Waals surface area contributed by atoms with Crippen LogP contribution in [0.2, 0.25) is 0 Å². The van der Waals surface area contributed by atoms with Crippen LogP contribution in [-0.4, -0.2) is 21.2 Å². The summed E-state index contributed by atoms with van der Waals surface area (Å²) in [5.74, 6) is -0.0828. The zero-order valence-electron chi connectivity index (χ0n) is 8.46. The molecule has 1 aromatic heterocycles. The molecule has 0 unspecified atom stereocenters. The SMILES string of the molecule is Cn1cc(C(=O)NC(C)(C)C)cn1. The maximum Gasteiger partial charge on any atom is 0.254 e. The summed E-state index contributed by atoms with van der Waals surface area (Å²) in [7, 11) is 1.79. The lowest BCUT2D eigenvalue weighted by molar-refractivity contribution is 0.0919. The molecule has 0 aromatic carbocycles. The van der Waals surface area contributed by atoms with Crippen LogP contribution in [0.1, 0.15) is 31.1 Å². The van der Waals surface area contributed by atoms with Crippen molar-refractivity contribution in [1.82, 2.24) is 15.1 Å². The van der Waals surface area contributed by atoms with Gasteiger partial charge in [-0.3, -0.25) is 9.48 Å². The first-order valence-corrected chi connectivity index (χ1v) is 4.20. The van der Waals surface area contributed by atoms with Gasteiger partial charge in [-0.15, -0.1) is 0 Å². The smallest absolute Gasteiger partial charge is 0.254 e. The third-order valence-corrected chi connectivity index (χ3v) is 1.46. The highest BCUT2D eigenvalue weighted by Gasteiger charge is 2.15. The highest BCUT2D eigenvalue weighted by atomic mass is 16.1. The summed E-state index contributed by atoms with van der Waals surface area (Å²) in [6.07, 6.45) is 3.25. The minimum Gasteiger partial charge on any atom is -0.347 e. The van der Waals surface area contributed by atoms with Crippen molar-refractivity contribution in [2.45, 2.75) is 26.3 Å². The van der Waals surface area contributed by atoms with Crippen molar-refractivity contribution in [3.63, 3.8) is 0 Å². The van der Waals surface area contributed by atoms with E-state index in [0.29, 0.717) is 5.56 Å². The molecule has 72 valence electrons. The summed E-state index contributed by atoms with van der Waals surface area (Å²) in [4.78, 5) is 11.5. The summed E-state index contributed by atoms with van der Waals surface area (Å²) in [6, 6.07) is 0. The highest BCUT2D eigenvalue weighted by molar-refractivity contribution is 5.94. The largest absolute Gasteiger partial charge is 0.347 e. The number of aromatic nitrogens is 2. The molecule has 0 radical (unpaired) electrons. The molecule has 1 N–H and O–H groups in total. The molecule has 0 aliphatic carbocycles. The first-order valence-electron chi connectivity index (χ1n) is 4.20. The summed E-state index contributed by atoms with van der Waals surface area (Å²) < 4.78 is 1.61. The Kier molecular flexibility index (Phi) is 2.40. The van der Waals surface area contributed by atoms with Crippen LogP contribution in [0.5, 0.6) is 0 Å². The third-order valence-electron chi connectivity index (χ3n) is 1.46. The quantitative estimate of drug-likeness (QED) is 0.701.